The zero-order valence-corrected chi connectivity index (χ0v) is 7.88. The lowest BCUT2D eigenvalue weighted by molar-refractivity contribution is 1.11. The van der Waals surface area contributed by atoms with Crippen molar-refractivity contribution in [3.63, 3.8) is 0 Å². The van der Waals surface area contributed by atoms with Gasteiger partial charge in [-0.25, -0.2) is 0 Å². The Kier molecular flexibility index (Phi) is 2.00. The molecule has 0 aliphatic carbocycles. The number of aryl methyl sites for hydroxylation is 1. The lowest BCUT2D eigenvalue weighted by atomic mass is 10.2. The summed E-state index contributed by atoms with van der Waals surface area (Å²) < 4.78 is 3.31. The van der Waals surface area contributed by atoms with E-state index >= 15 is 0 Å². The minimum atomic E-state index is 0. The molecule has 2 aromatic heterocycles. The molecule has 0 atom stereocenters. The predicted molar refractivity (Wildman–Crippen MR) is 59.8 cm³/mol. The topological polar surface area (TPSA) is 30.2 Å². The van der Waals surface area contributed by atoms with Crippen molar-refractivity contribution >= 4 is 26.5 Å². The maximum Gasteiger partial charge on any atom is 0.217 e. The third-order valence-electron chi connectivity index (χ3n) is 2.16. The Morgan fingerprint density at radius 1 is 1.36 bits per heavy atom. The van der Waals surface area contributed by atoms with Crippen LogP contribution in [0, 0.1) is 6.92 Å². The molecule has 3 aromatic rings. The number of thiazole rings is 1. The summed E-state index contributed by atoms with van der Waals surface area (Å²) in [5.74, 6) is 0. The second-order valence-electron chi connectivity index (χ2n) is 3.01. The molecule has 1 aromatic carbocycles. The van der Waals surface area contributed by atoms with E-state index < -0.39 is 0 Å². The Hall–Kier alpha value is -1.42. The van der Waals surface area contributed by atoms with Crippen LogP contribution in [-0.2, 0) is 0 Å². The first-order chi connectivity index (χ1) is 6.36. The molecule has 0 radical (unpaired) electrons. The van der Waals surface area contributed by atoms with Crippen LogP contribution < -0.4 is 0 Å². The van der Waals surface area contributed by atoms with Gasteiger partial charge in [0.1, 0.15) is 6.33 Å². The van der Waals surface area contributed by atoms with Crippen molar-refractivity contribution in [2.45, 2.75) is 14.4 Å². The third kappa shape index (κ3) is 1.04. The zero-order valence-electron chi connectivity index (χ0n) is 7.06. The molecule has 0 N–H and O–H groups in total. The van der Waals surface area contributed by atoms with E-state index in [4.69, 9.17) is 0 Å². The summed E-state index contributed by atoms with van der Waals surface area (Å²) >= 11 is 1.67. The molecular formula is C10H11N3S. The SMILES string of the molecule is C.Cc1cccc2sc3nncn3c12. The van der Waals surface area contributed by atoms with E-state index in [-0.39, 0.29) is 7.43 Å². The largest absolute Gasteiger partial charge is 0.272 e. The monoisotopic (exact) mass is 205 g/mol. The molecule has 0 amide bonds. The molecular weight excluding hydrogens is 194 g/mol. The molecule has 14 heavy (non-hydrogen) atoms. The maximum atomic E-state index is 4.03. The number of benzene rings is 1. The number of hydrogen-bond acceptors (Lipinski definition) is 3. The summed E-state index contributed by atoms with van der Waals surface area (Å²) in [6.45, 7) is 2.11. The van der Waals surface area contributed by atoms with Crippen molar-refractivity contribution in [3.8, 4) is 0 Å². The van der Waals surface area contributed by atoms with Crippen LogP contribution in [0.25, 0.3) is 15.2 Å². The van der Waals surface area contributed by atoms with E-state index in [0.29, 0.717) is 0 Å². The van der Waals surface area contributed by atoms with Crippen LogP contribution in [-0.4, -0.2) is 14.6 Å². The van der Waals surface area contributed by atoms with Crippen LogP contribution in [0.15, 0.2) is 24.5 Å². The van der Waals surface area contributed by atoms with Crippen molar-refractivity contribution in [1.82, 2.24) is 14.6 Å². The van der Waals surface area contributed by atoms with E-state index in [1.54, 1.807) is 17.7 Å². The van der Waals surface area contributed by atoms with Crippen molar-refractivity contribution in [3.05, 3.63) is 30.1 Å². The fraction of sp³-hybridized carbons (Fsp3) is 0.200. The molecule has 72 valence electrons. The number of fused-ring (bicyclic) bond motifs is 3. The van der Waals surface area contributed by atoms with Gasteiger partial charge in [0.05, 0.1) is 10.2 Å². The number of hydrogen-bond donors (Lipinski definition) is 0. The lowest BCUT2D eigenvalue weighted by Crippen LogP contribution is -1.80. The highest BCUT2D eigenvalue weighted by Gasteiger charge is 2.06. The Labute approximate surface area is 86.0 Å². The van der Waals surface area contributed by atoms with E-state index in [1.165, 1.54) is 15.8 Å². The highest BCUT2D eigenvalue weighted by molar-refractivity contribution is 7.23. The minimum Gasteiger partial charge on any atom is -0.272 e. The van der Waals surface area contributed by atoms with Gasteiger partial charge in [-0.2, -0.15) is 0 Å². The molecule has 3 rings (SSSR count). The molecule has 3 nitrogen and oxygen atoms in total. The number of rotatable bonds is 0. The fourth-order valence-electron chi connectivity index (χ4n) is 1.57. The molecule has 0 fully saturated rings. The highest BCUT2D eigenvalue weighted by atomic mass is 32.1. The van der Waals surface area contributed by atoms with E-state index in [1.807, 2.05) is 4.40 Å². The normalized spacial score (nSPS) is 10.6. The highest BCUT2D eigenvalue weighted by Crippen LogP contribution is 2.26. The van der Waals surface area contributed by atoms with E-state index in [2.05, 4.69) is 35.3 Å². The summed E-state index contributed by atoms with van der Waals surface area (Å²) in [7, 11) is 0. The summed E-state index contributed by atoms with van der Waals surface area (Å²) in [5, 5.41) is 7.90. The Bertz CT molecular complexity index is 579. The van der Waals surface area contributed by atoms with Gasteiger partial charge in [-0.3, -0.25) is 4.40 Å². The zero-order chi connectivity index (χ0) is 8.84. The lowest BCUT2D eigenvalue weighted by Gasteiger charge is -1.94. The van der Waals surface area contributed by atoms with Gasteiger partial charge < -0.3 is 0 Å². The Morgan fingerprint density at radius 3 is 3.07 bits per heavy atom. The standard InChI is InChI=1S/C9H7N3S.CH4/c1-6-3-2-4-7-8(6)12-5-10-11-9(12)13-7;/h2-5H,1H3;1H4. The van der Waals surface area contributed by atoms with Crippen molar-refractivity contribution in [2.24, 2.45) is 0 Å². The quantitative estimate of drug-likeness (QED) is 0.565. The van der Waals surface area contributed by atoms with Gasteiger partial charge in [-0.15, -0.1) is 10.2 Å². The van der Waals surface area contributed by atoms with Crippen molar-refractivity contribution in [1.29, 1.82) is 0 Å². The smallest absolute Gasteiger partial charge is 0.217 e. The van der Waals surface area contributed by atoms with Gasteiger partial charge in [0, 0.05) is 0 Å². The van der Waals surface area contributed by atoms with Crippen molar-refractivity contribution in [2.75, 3.05) is 0 Å². The number of para-hydroxylation sites is 1. The summed E-state index contributed by atoms with van der Waals surface area (Å²) in [6, 6.07) is 6.29. The molecule has 0 saturated heterocycles. The minimum absolute atomic E-state index is 0. The maximum absolute atomic E-state index is 4.03. The predicted octanol–water partition coefficient (Wildman–Crippen LogP) is 2.89. The van der Waals surface area contributed by atoms with Gasteiger partial charge >= 0.3 is 0 Å². The van der Waals surface area contributed by atoms with Gasteiger partial charge in [-0.1, -0.05) is 30.9 Å². The molecule has 0 spiro atoms. The van der Waals surface area contributed by atoms with E-state index in [9.17, 15) is 0 Å². The molecule has 0 unspecified atom stereocenters. The van der Waals surface area contributed by atoms with Crippen LogP contribution in [0.3, 0.4) is 0 Å². The first-order valence-corrected chi connectivity index (χ1v) is 4.86. The molecule has 0 bridgehead atoms. The summed E-state index contributed by atoms with van der Waals surface area (Å²) in [4.78, 5) is 0.962. The Balaban J connectivity index is 0.000000750. The average molecular weight is 205 g/mol. The van der Waals surface area contributed by atoms with Crippen LogP contribution in [0.1, 0.15) is 13.0 Å². The van der Waals surface area contributed by atoms with Gasteiger partial charge in [-0.05, 0) is 18.6 Å². The summed E-state index contributed by atoms with van der Waals surface area (Å²) in [6.07, 6.45) is 1.77. The number of aromatic nitrogens is 3. The first kappa shape index (κ1) is 9.15. The molecule has 0 aliphatic rings. The molecule has 0 aliphatic heterocycles. The van der Waals surface area contributed by atoms with Gasteiger partial charge in [0.15, 0.2) is 0 Å². The van der Waals surface area contributed by atoms with Crippen LogP contribution >= 0.6 is 11.3 Å². The molecule has 0 saturated carbocycles. The molecule has 4 heteroatoms. The van der Waals surface area contributed by atoms with Gasteiger partial charge in [0.2, 0.25) is 4.96 Å². The third-order valence-corrected chi connectivity index (χ3v) is 3.17. The fourth-order valence-corrected chi connectivity index (χ4v) is 2.59. The summed E-state index contributed by atoms with van der Waals surface area (Å²) in [5.41, 5.74) is 2.50. The average Bonchev–Trinajstić information content (AvgIpc) is 2.62. The van der Waals surface area contributed by atoms with Gasteiger partial charge in [0.25, 0.3) is 0 Å². The van der Waals surface area contributed by atoms with E-state index in [0.717, 1.165) is 4.96 Å². The van der Waals surface area contributed by atoms with Crippen LogP contribution in [0.2, 0.25) is 0 Å². The first-order valence-electron chi connectivity index (χ1n) is 4.04. The number of nitrogens with zero attached hydrogens (tertiary/aromatic N) is 3. The Morgan fingerprint density at radius 2 is 2.21 bits per heavy atom. The second kappa shape index (κ2) is 3.06. The second-order valence-corrected chi connectivity index (χ2v) is 4.02. The van der Waals surface area contributed by atoms with Crippen LogP contribution in [0.5, 0.6) is 0 Å². The van der Waals surface area contributed by atoms with Crippen molar-refractivity contribution < 1.29 is 0 Å². The molecule has 2 heterocycles. The van der Waals surface area contributed by atoms with Crippen LogP contribution in [0.4, 0.5) is 0 Å².